The van der Waals surface area contributed by atoms with E-state index in [0.717, 1.165) is 55.6 Å². The van der Waals surface area contributed by atoms with Crippen LogP contribution in [-0.2, 0) is 4.74 Å². The third-order valence-electron chi connectivity index (χ3n) is 10.7. The van der Waals surface area contributed by atoms with Crippen molar-refractivity contribution in [3.05, 3.63) is 47.0 Å². The highest BCUT2D eigenvalue weighted by Crippen LogP contribution is 2.44. The maximum atomic E-state index is 15.2. The van der Waals surface area contributed by atoms with Crippen LogP contribution < -0.4 is 0 Å². The van der Waals surface area contributed by atoms with E-state index in [0.29, 0.717) is 49.2 Å². The minimum atomic E-state index is -4.64. The number of benzene rings is 1. The molecule has 4 aliphatic rings. The Bertz CT molecular complexity index is 955. The number of hydrogen-bond acceptors (Lipinski definition) is 1. The molecule has 2 unspecified atom stereocenters. The Morgan fingerprint density at radius 1 is 0.769 bits per heavy atom. The lowest BCUT2D eigenvalue weighted by molar-refractivity contribution is -0.0820. The highest BCUT2D eigenvalue weighted by Gasteiger charge is 2.36. The first-order chi connectivity index (χ1) is 18.7. The number of hydrogen-bond donors (Lipinski definition) is 0. The van der Waals surface area contributed by atoms with Crippen LogP contribution in [0, 0.1) is 35.4 Å². The summed E-state index contributed by atoms with van der Waals surface area (Å²) in [5.74, 6) is 1.39. The van der Waals surface area contributed by atoms with Crippen LogP contribution in [0.5, 0.6) is 0 Å². The molecule has 0 spiro atoms. The van der Waals surface area contributed by atoms with Gasteiger partial charge in [-0.15, -0.1) is 0 Å². The average Bonchev–Trinajstić information content (AvgIpc) is 2.93. The molecule has 1 nitrogen and oxygen atoms in total. The topological polar surface area (TPSA) is 9.23 Å². The van der Waals surface area contributed by atoms with E-state index in [-0.39, 0.29) is 17.8 Å². The van der Waals surface area contributed by atoms with E-state index in [4.69, 9.17) is 4.74 Å². The summed E-state index contributed by atoms with van der Waals surface area (Å²) in [6.07, 6.45) is 9.55. The van der Waals surface area contributed by atoms with E-state index < -0.39 is 17.9 Å². The lowest BCUT2D eigenvalue weighted by atomic mass is 9.71. The fraction of sp³-hybridized carbons (Fsp3) is 0.758. The third-order valence-corrected chi connectivity index (χ3v) is 10.7. The van der Waals surface area contributed by atoms with Gasteiger partial charge in [0.2, 0.25) is 0 Å². The average molecular weight is 553 g/mol. The molecule has 1 aromatic rings. The van der Waals surface area contributed by atoms with Gasteiger partial charge in [-0.25, -0.2) is 8.78 Å². The molecule has 6 heteroatoms. The van der Waals surface area contributed by atoms with Crippen LogP contribution in [-0.4, -0.2) is 18.9 Å². The predicted octanol–water partition coefficient (Wildman–Crippen LogP) is 10.4. The van der Waals surface area contributed by atoms with Crippen molar-refractivity contribution in [2.75, 3.05) is 6.61 Å². The number of halogens is 5. The Balaban J connectivity index is 1.08. The molecular formula is C33H45F5O. The van der Waals surface area contributed by atoms with Crippen LogP contribution >= 0.6 is 0 Å². The maximum absolute atomic E-state index is 15.2. The van der Waals surface area contributed by atoms with Crippen LogP contribution in [0.25, 0.3) is 0 Å². The Hall–Kier alpha value is -1.43. The van der Waals surface area contributed by atoms with Crippen molar-refractivity contribution < 1.29 is 26.7 Å². The second-order valence-corrected chi connectivity index (χ2v) is 13.2. The second-order valence-electron chi connectivity index (χ2n) is 13.2. The van der Waals surface area contributed by atoms with Gasteiger partial charge in [0.15, 0.2) is 0 Å². The summed E-state index contributed by atoms with van der Waals surface area (Å²) in [7, 11) is 0. The molecule has 1 saturated heterocycles. The van der Waals surface area contributed by atoms with Crippen LogP contribution in [0.3, 0.4) is 0 Å². The zero-order chi connectivity index (χ0) is 27.6. The van der Waals surface area contributed by atoms with Gasteiger partial charge in [-0.1, -0.05) is 31.9 Å². The van der Waals surface area contributed by atoms with Crippen molar-refractivity contribution in [2.45, 2.75) is 121 Å². The summed E-state index contributed by atoms with van der Waals surface area (Å²) >= 11 is 0. The highest BCUT2D eigenvalue weighted by atomic mass is 19.4. The molecule has 3 aliphatic carbocycles. The van der Waals surface area contributed by atoms with Crippen LogP contribution in [0.15, 0.2) is 30.1 Å². The lowest BCUT2D eigenvalue weighted by Crippen LogP contribution is -2.37. The molecule has 0 amide bonds. The van der Waals surface area contributed by atoms with Gasteiger partial charge >= 0.3 is 6.18 Å². The fourth-order valence-corrected chi connectivity index (χ4v) is 8.20. The van der Waals surface area contributed by atoms with Crippen molar-refractivity contribution in [1.29, 1.82) is 0 Å². The van der Waals surface area contributed by atoms with Gasteiger partial charge in [-0.05, 0) is 130 Å². The van der Waals surface area contributed by atoms with Gasteiger partial charge in [-0.3, -0.25) is 0 Å². The number of ether oxygens (including phenoxy) is 1. The molecule has 39 heavy (non-hydrogen) atoms. The van der Waals surface area contributed by atoms with Crippen LogP contribution in [0.4, 0.5) is 22.0 Å². The molecule has 1 aromatic carbocycles. The lowest BCUT2D eigenvalue weighted by Gasteiger charge is -2.41. The number of rotatable bonds is 5. The van der Waals surface area contributed by atoms with Crippen molar-refractivity contribution in [2.24, 2.45) is 29.6 Å². The zero-order valence-electron chi connectivity index (χ0n) is 23.3. The Morgan fingerprint density at radius 2 is 1.38 bits per heavy atom. The van der Waals surface area contributed by atoms with E-state index in [9.17, 15) is 17.6 Å². The molecule has 1 heterocycles. The summed E-state index contributed by atoms with van der Waals surface area (Å²) in [5, 5.41) is 0. The smallest absolute Gasteiger partial charge is 0.378 e. The first-order valence-electron chi connectivity index (χ1n) is 15.5. The summed E-state index contributed by atoms with van der Waals surface area (Å²) in [5.41, 5.74) is 1.68. The van der Waals surface area contributed by atoms with Crippen molar-refractivity contribution in [3.8, 4) is 0 Å². The number of allylic oxidation sites excluding steroid dienone is 2. The Labute approximate surface area is 231 Å². The summed E-state index contributed by atoms with van der Waals surface area (Å²) in [4.78, 5) is 0. The quantitative estimate of drug-likeness (QED) is 0.330. The molecule has 218 valence electrons. The summed E-state index contributed by atoms with van der Waals surface area (Å²) < 4.78 is 73.0. The predicted molar refractivity (Wildman–Crippen MR) is 145 cm³/mol. The molecule has 5 rings (SSSR count). The van der Waals surface area contributed by atoms with Gasteiger partial charge in [-0.2, -0.15) is 13.2 Å². The molecule has 2 atom stereocenters. The first kappa shape index (κ1) is 29.1. The molecule has 0 bridgehead atoms. The van der Waals surface area contributed by atoms with E-state index in [1.165, 1.54) is 38.5 Å². The van der Waals surface area contributed by atoms with Crippen molar-refractivity contribution >= 4 is 0 Å². The Kier molecular flexibility index (Phi) is 9.40. The first-order valence-corrected chi connectivity index (χ1v) is 15.5. The van der Waals surface area contributed by atoms with Crippen LogP contribution in [0.1, 0.15) is 120 Å². The molecule has 0 radical (unpaired) electrons. The minimum Gasteiger partial charge on any atom is -0.378 e. The maximum Gasteiger partial charge on any atom is 0.412 e. The van der Waals surface area contributed by atoms with Crippen molar-refractivity contribution in [1.82, 2.24) is 0 Å². The van der Waals surface area contributed by atoms with Gasteiger partial charge in [0.25, 0.3) is 0 Å². The number of alkyl halides is 3. The van der Waals surface area contributed by atoms with Gasteiger partial charge in [0, 0.05) is 5.92 Å². The normalized spacial score (nSPS) is 37.0. The van der Waals surface area contributed by atoms with Crippen molar-refractivity contribution in [3.63, 3.8) is 0 Å². The summed E-state index contributed by atoms with van der Waals surface area (Å²) in [6, 6.07) is 5.61. The van der Waals surface area contributed by atoms with Gasteiger partial charge in [0.05, 0.1) is 18.8 Å². The molecule has 0 aromatic heterocycles. The summed E-state index contributed by atoms with van der Waals surface area (Å²) in [6.45, 7) is 3.31. The molecular weight excluding hydrogens is 507 g/mol. The molecule has 1 aliphatic heterocycles. The second kappa shape index (κ2) is 12.6. The molecule has 0 N–H and O–H groups in total. The minimum absolute atomic E-state index is 0.0611. The van der Waals surface area contributed by atoms with E-state index in [1.807, 2.05) is 12.1 Å². The SMILES string of the molecule is CC1CCC(C2CCC(C3CCC(c4ccc(C5CCC(/C(F)=C/C(F)(F)F)CC5)c(F)c4)CC3)OC2)CC1. The fourth-order valence-electron chi connectivity index (χ4n) is 8.20. The zero-order valence-corrected chi connectivity index (χ0v) is 23.3. The van der Waals surface area contributed by atoms with Crippen LogP contribution in [0.2, 0.25) is 0 Å². The van der Waals surface area contributed by atoms with Gasteiger partial charge < -0.3 is 4.74 Å². The van der Waals surface area contributed by atoms with Gasteiger partial charge in [0.1, 0.15) is 11.6 Å². The highest BCUT2D eigenvalue weighted by molar-refractivity contribution is 5.30. The molecule has 4 fully saturated rings. The van der Waals surface area contributed by atoms with E-state index in [1.54, 1.807) is 6.07 Å². The van der Waals surface area contributed by atoms with E-state index >= 15 is 4.39 Å². The monoisotopic (exact) mass is 552 g/mol. The van der Waals surface area contributed by atoms with E-state index in [2.05, 4.69) is 6.92 Å². The molecule has 3 saturated carbocycles. The standard InChI is InChI=1S/C33H45F5O/c1-21-2-4-23(5-3-21)28-15-17-32(39-20-28)26-12-6-22(7-13-26)27-14-16-29(30(34)18-27)24-8-10-25(11-9-24)31(35)19-33(36,37)38/h14,16,18-19,21-26,28,32H,2-13,15,17,20H2,1H3/b31-19-. The largest absolute Gasteiger partial charge is 0.412 e. The Morgan fingerprint density at radius 3 is 1.97 bits per heavy atom. The third kappa shape index (κ3) is 7.45.